The second kappa shape index (κ2) is 3.72. The van der Waals surface area contributed by atoms with Crippen molar-refractivity contribution in [1.82, 2.24) is 4.72 Å². The Hall–Kier alpha value is -0.130. The highest BCUT2D eigenvalue weighted by molar-refractivity contribution is 7.88. The second-order valence-electron chi connectivity index (χ2n) is 3.65. The molecule has 0 aliphatic rings. The Bertz CT molecular complexity index is 236. The minimum Gasteiger partial charge on any atom is -0.329 e. The molecule has 0 rings (SSSR count). The molecule has 0 bridgehead atoms. The number of rotatable bonds is 4. The molecule has 12 heavy (non-hydrogen) atoms. The summed E-state index contributed by atoms with van der Waals surface area (Å²) in [7, 11) is -3.17. The van der Waals surface area contributed by atoms with Crippen molar-refractivity contribution in [1.29, 1.82) is 0 Å². The maximum absolute atomic E-state index is 10.9. The summed E-state index contributed by atoms with van der Waals surface area (Å²) in [5.41, 5.74) is 4.95. The summed E-state index contributed by atoms with van der Waals surface area (Å²) >= 11 is 0. The summed E-state index contributed by atoms with van der Waals surface area (Å²) in [6, 6.07) is 0. The average molecular weight is 194 g/mol. The van der Waals surface area contributed by atoms with Crippen molar-refractivity contribution >= 4 is 10.0 Å². The predicted molar refractivity (Wildman–Crippen MR) is 50.3 cm³/mol. The first-order valence-corrected chi connectivity index (χ1v) is 5.79. The van der Waals surface area contributed by atoms with Crippen LogP contribution in [0.3, 0.4) is 0 Å². The van der Waals surface area contributed by atoms with E-state index in [1.165, 1.54) is 0 Å². The smallest absolute Gasteiger partial charge is 0.209 e. The van der Waals surface area contributed by atoms with Gasteiger partial charge in [-0.2, -0.15) is 0 Å². The summed E-state index contributed by atoms with van der Waals surface area (Å²) in [6.07, 6.45) is 1.14. The summed E-state index contributed by atoms with van der Waals surface area (Å²) < 4.78 is 24.4. The molecule has 74 valence electrons. The van der Waals surface area contributed by atoms with Gasteiger partial charge in [0.05, 0.1) is 6.26 Å². The monoisotopic (exact) mass is 194 g/mol. The van der Waals surface area contributed by atoms with Gasteiger partial charge in [-0.1, -0.05) is 13.8 Å². The topological polar surface area (TPSA) is 72.2 Å². The molecule has 0 saturated heterocycles. The van der Waals surface area contributed by atoms with Crippen molar-refractivity contribution in [2.45, 2.75) is 26.3 Å². The lowest BCUT2D eigenvalue weighted by Gasteiger charge is -2.32. The van der Waals surface area contributed by atoms with Crippen LogP contribution in [0.2, 0.25) is 0 Å². The van der Waals surface area contributed by atoms with Crippen molar-refractivity contribution in [3.63, 3.8) is 0 Å². The average Bonchev–Trinajstić information content (AvgIpc) is 1.83. The molecule has 0 aliphatic heterocycles. The van der Waals surface area contributed by atoms with Crippen molar-refractivity contribution in [2.24, 2.45) is 11.7 Å². The van der Waals surface area contributed by atoms with Gasteiger partial charge in [-0.3, -0.25) is 0 Å². The van der Waals surface area contributed by atoms with Crippen LogP contribution in [-0.2, 0) is 10.0 Å². The van der Waals surface area contributed by atoms with Crippen molar-refractivity contribution in [3.8, 4) is 0 Å². The fourth-order valence-corrected chi connectivity index (χ4v) is 1.98. The highest BCUT2D eigenvalue weighted by Crippen LogP contribution is 2.15. The summed E-state index contributed by atoms with van der Waals surface area (Å²) in [6.45, 7) is 5.98. The minimum atomic E-state index is -3.17. The van der Waals surface area contributed by atoms with Crippen LogP contribution in [0.15, 0.2) is 0 Å². The van der Waals surface area contributed by atoms with E-state index in [0.29, 0.717) is 6.54 Å². The SMILES string of the molecule is CC(C)C(C)(CN)NS(C)(=O)=O. The molecule has 1 atom stereocenters. The number of hydrogen-bond donors (Lipinski definition) is 2. The Kier molecular flexibility index (Phi) is 3.68. The van der Waals surface area contributed by atoms with Gasteiger partial charge in [0, 0.05) is 12.1 Å². The fourth-order valence-electron chi connectivity index (χ4n) is 0.819. The van der Waals surface area contributed by atoms with Crippen LogP contribution in [0.4, 0.5) is 0 Å². The van der Waals surface area contributed by atoms with Crippen LogP contribution in [0.25, 0.3) is 0 Å². The molecule has 4 nitrogen and oxygen atoms in total. The van der Waals surface area contributed by atoms with Gasteiger partial charge in [0.15, 0.2) is 0 Å². The van der Waals surface area contributed by atoms with Gasteiger partial charge >= 0.3 is 0 Å². The van der Waals surface area contributed by atoms with E-state index in [0.717, 1.165) is 6.26 Å². The molecule has 3 N–H and O–H groups in total. The molecule has 0 radical (unpaired) electrons. The Balaban J connectivity index is 4.57. The maximum Gasteiger partial charge on any atom is 0.209 e. The first kappa shape index (κ1) is 11.9. The number of nitrogens with one attached hydrogen (secondary N) is 1. The fraction of sp³-hybridized carbons (Fsp3) is 1.00. The van der Waals surface area contributed by atoms with Crippen LogP contribution in [0.5, 0.6) is 0 Å². The highest BCUT2D eigenvalue weighted by Gasteiger charge is 2.29. The van der Waals surface area contributed by atoms with E-state index < -0.39 is 15.6 Å². The van der Waals surface area contributed by atoms with Crippen LogP contribution >= 0.6 is 0 Å². The molecule has 0 amide bonds. The zero-order valence-electron chi connectivity index (χ0n) is 8.09. The number of nitrogens with two attached hydrogens (primary N) is 1. The first-order chi connectivity index (χ1) is 5.21. The molecule has 0 aliphatic carbocycles. The van der Waals surface area contributed by atoms with Gasteiger partial charge in [-0.15, -0.1) is 0 Å². The maximum atomic E-state index is 10.9. The molecule has 0 saturated carbocycles. The molecule has 1 unspecified atom stereocenters. The Labute approximate surface area is 74.6 Å². The van der Waals surface area contributed by atoms with Crippen LogP contribution < -0.4 is 10.5 Å². The molecule has 5 heteroatoms. The normalized spacial score (nSPS) is 17.8. The second-order valence-corrected chi connectivity index (χ2v) is 5.40. The van der Waals surface area contributed by atoms with E-state index in [1.807, 2.05) is 13.8 Å². The summed E-state index contributed by atoms with van der Waals surface area (Å²) in [5.74, 6) is 0.178. The zero-order valence-corrected chi connectivity index (χ0v) is 8.90. The molecule has 0 fully saturated rings. The van der Waals surface area contributed by atoms with Gasteiger partial charge in [0.1, 0.15) is 0 Å². The Morgan fingerprint density at radius 2 is 1.92 bits per heavy atom. The summed E-state index contributed by atoms with van der Waals surface area (Å²) in [5, 5.41) is 0. The van der Waals surface area contributed by atoms with E-state index >= 15 is 0 Å². The summed E-state index contributed by atoms with van der Waals surface area (Å²) in [4.78, 5) is 0. The van der Waals surface area contributed by atoms with E-state index in [9.17, 15) is 8.42 Å². The van der Waals surface area contributed by atoms with Gasteiger partial charge in [0.2, 0.25) is 10.0 Å². The van der Waals surface area contributed by atoms with Crippen LogP contribution in [0.1, 0.15) is 20.8 Å². The van der Waals surface area contributed by atoms with Gasteiger partial charge in [-0.05, 0) is 12.8 Å². The molecule has 0 aromatic heterocycles. The lowest BCUT2D eigenvalue weighted by atomic mass is 9.90. The first-order valence-electron chi connectivity index (χ1n) is 3.90. The van der Waals surface area contributed by atoms with Crippen LogP contribution in [-0.4, -0.2) is 26.8 Å². The van der Waals surface area contributed by atoms with E-state index in [-0.39, 0.29) is 5.92 Å². The molecule has 0 spiro atoms. The van der Waals surface area contributed by atoms with Gasteiger partial charge < -0.3 is 5.73 Å². The highest BCUT2D eigenvalue weighted by atomic mass is 32.2. The Morgan fingerprint density at radius 3 is 2.00 bits per heavy atom. The minimum absolute atomic E-state index is 0.178. The third kappa shape index (κ3) is 3.51. The third-order valence-corrected chi connectivity index (χ3v) is 2.95. The number of sulfonamides is 1. The van der Waals surface area contributed by atoms with Crippen molar-refractivity contribution < 1.29 is 8.42 Å². The largest absolute Gasteiger partial charge is 0.329 e. The van der Waals surface area contributed by atoms with Crippen molar-refractivity contribution in [3.05, 3.63) is 0 Å². The quantitative estimate of drug-likeness (QED) is 0.657. The zero-order chi connectivity index (χ0) is 9.99. The molecule has 0 aromatic carbocycles. The molecular formula is C7H18N2O2S. The lowest BCUT2D eigenvalue weighted by Crippen LogP contribution is -2.54. The standard InChI is InChI=1S/C7H18N2O2S/c1-6(2)7(3,5-8)9-12(4,10)11/h6,9H,5,8H2,1-4H3. The van der Waals surface area contributed by atoms with Gasteiger partial charge in [0.25, 0.3) is 0 Å². The molecular weight excluding hydrogens is 176 g/mol. The van der Waals surface area contributed by atoms with Gasteiger partial charge in [-0.25, -0.2) is 13.1 Å². The Morgan fingerprint density at radius 1 is 1.50 bits per heavy atom. The van der Waals surface area contributed by atoms with E-state index in [1.54, 1.807) is 6.92 Å². The lowest BCUT2D eigenvalue weighted by molar-refractivity contribution is 0.315. The third-order valence-electron chi connectivity index (χ3n) is 2.12. The van der Waals surface area contributed by atoms with E-state index in [4.69, 9.17) is 5.73 Å². The molecule has 0 heterocycles. The van der Waals surface area contributed by atoms with Crippen LogP contribution in [0, 0.1) is 5.92 Å². The predicted octanol–water partition coefficient (Wildman–Crippen LogP) is -0.0910. The number of hydrogen-bond acceptors (Lipinski definition) is 3. The van der Waals surface area contributed by atoms with Crippen molar-refractivity contribution in [2.75, 3.05) is 12.8 Å². The molecule has 0 aromatic rings. The van der Waals surface area contributed by atoms with E-state index in [2.05, 4.69) is 4.72 Å².